The summed E-state index contributed by atoms with van der Waals surface area (Å²) in [6, 6.07) is 1.25. The summed E-state index contributed by atoms with van der Waals surface area (Å²) in [5.41, 5.74) is -3.16. The van der Waals surface area contributed by atoms with Crippen molar-refractivity contribution in [2.24, 2.45) is 0 Å². The molecule has 3 rings (SSSR count). The summed E-state index contributed by atoms with van der Waals surface area (Å²) >= 11 is 6.19. The zero-order valence-corrected chi connectivity index (χ0v) is 14.7. The minimum Gasteiger partial charge on any atom is -0.493 e. The zero-order valence-electron chi connectivity index (χ0n) is 13.0. The van der Waals surface area contributed by atoms with Gasteiger partial charge in [0.1, 0.15) is 0 Å². The van der Waals surface area contributed by atoms with Crippen LogP contribution in [-0.4, -0.2) is 19.6 Å². The van der Waals surface area contributed by atoms with Gasteiger partial charge in [0.25, 0.3) is 0 Å². The number of H-pyrrole nitrogens is 1. The largest absolute Gasteiger partial charge is 0.493 e. The SMILES string of the molecule is Oc1c(Cc2cc(C(F)(F)F)cc(C(F)(F)F)c2)[nH]c(=S)n1-c1nccs1. The number of hydrogen-bond donors (Lipinski definition) is 2. The van der Waals surface area contributed by atoms with Gasteiger partial charge in [0.15, 0.2) is 9.90 Å². The van der Waals surface area contributed by atoms with E-state index < -0.39 is 35.8 Å². The Morgan fingerprint density at radius 1 is 1.07 bits per heavy atom. The Bertz CT molecular complexity index is 986. The number of imidazole rings is 1. The van der Waals surface area contributed by atoms with Crippen LogP contribution in [0.2, 0.25) is 0 Å². The lowest BCUT2D eigenvalue weighted by Gasteiger charge is -2.14. The molecule has 2 aromatic heterocycles. The van der Waals surface area contributed by atoms with Crippen LogP contribution in [0.3, 0.4) is 0 Å². The molecule has 0 bridgehead atoms. The zero-order chi connectivity index (χ0) is 20.0. The first-order valence-corrected chi connectivity index (χ1v) is 8.46. The van der Waals surface area contributed by atoms with Crippen LogP contribution in [0.4, 0.5) is 26.3 Å². The maximum absolute atomic E-state index is 13.0. The van der Waals surface area contributed by atoms with Gasteiger partial charge in [-0.1, -0.05) is 0 Å². The molecule has 0 radical (unpaired) electrons. The number of aromatic nitrogens is 3. The summed E-state index contributed by atoms with van der Waals surface area (Å²) in [7, 11) is 0. The molecule has 3 aromatic rings. The van der Waals surface area contributed by atoms with Crippen LogP contribution in [-0.2, 0) is 18.8 Å². The summed E-state index contributed by atoms with van der Waals surface area (Å²) < 4.78 is 78.9. The number of hydrogen-bond acceptors (Lipinski definition) is 4. The number of rotatable bonds is 3. The van der Waals surface area contributed by atoms with Crippen LogP contribution in [0, 0.1) is 4.77 Å². The van der Waals surface area contributed by atoms with Crippen LogP contribution >= 0.6 is 23.6 Å². The van der Waals surface area contributed by atoms with Crippen LogP contribution in [0.25, 0.3) is 5.13 Å². The van der Waals surface area contributed by atoms with Crippen molar-refractivity contribution in [1.29, 1.82) is 0 Å². The van der Waals surface area contributed by atoms with E-state index in [1.54, 1.807) is 5.38 Å². The van der Waals surface area contributed by atoms with Gasteiger partial charge in [-0.2, -0.15) is 26.3 Å². The number of benzene rings is 1. The Morgan fingerprint density at radius 2 is 1.67 bits per heavy atom. The Labute approximate surface area is 156 Å². The van der Waals surface area contributed by atoms with Crippen molar-refractivity contribution in [2.45, 2.75) is 18.8 Å². The third kappa shape index (κ3) is 4.00. The fourth-order valence-corrected chi connectivity index (χ4v) is 3.43. The van der Waals surface area contributed by atoms with E-state index in [-0.39, 0.29) is 22.1 Å². The summed E-state index contributed by atoms with van der Waals surface area (Å²) in [5.74, 6) is -0.430. The lowest BCUT2D eigenvalue weighted by molar-refractivity contribution is -0.143. The molecule has 2 heterocycles. The molecule has 27 heavy (non-hydrogen) atoms. The summed E-state index contributed by atoms with van der Waals surface area (Å²) in [4.78, 5) is 6.56. The molecule has 2 N–H and O–H groups in total. The standard InChI is InChI=1S/C15H9F6N3OS2/c16-14(17,18)8-3-7(4-9(6-8)15(19,20)21)5-10-11(25)24(12(26)23-10)13-22-1-2-27-13/h1-4,6,25H,5H2,(H,23,26). The van der Waals surface area contributed by atoms with Crippen LogP contribution in [0.5, 0.6) is 5.88 Å². The van der Waals surface area contributed by atoms with Gasteiger partial charge >= 0.3 is 12.4 Å². The van der Waals surface area contributed by atoms with E-state index in [2.05, 4.69) is 9.97 Å². The molecule has 0 spiro atoms. The Balaban J connectivity index is 2.06. The number of aromatic hydroxyl groups is 1. The lowest BCUT2D eigenvalue weighted by Crippen LogP contribution is -2.12. The molecule has 4 nitrogen and oxygen atoms in total. The molecule has 0 unspecified atom stereocenters. The van der Waals surface area contributed by atoms with Crippen molar-refractivity contribution in [3.63, 3.8) is 0 Å². The molecule has 0 saturated carbocycles. The molecular formula is C15H9F6N3OS2. The van der Waals surface area contributed by atoms with Crippen LogP contribution in [0.15, 0.2) is 29.8 Å². The second-order valence-corrected chi connectivity index (χ2v) is 6.73. The van der Waals surface area contributed by atoms with E-state index in [9.17, 15) is 31.4 Å². The number of aromatic amines is 1. The first-order chi connectivity index (χ1) is 12.5. The molecule has 12 heteroatoms. The number of nitrogens with one attached hydrogen (secondary N) is 1. The highest BCUT2D eigenvalue weighted by molar-refractivity contribution is 7.71. The maximum Gasteiger partial charge on any atom is 0.416 e. The minimum absolute atomic E-state index is 0.0143. The summed E-state index contributed by atoms with van der Waals surface area (Å²) in [6.45, 7) is 0. The van der Waals surface area contributed by atoms with E-state index in [0.29, 0.717) is 17.3 Å². The Kier molecular flexibility index (Phi) is 4.80. The molecule has 0 atom stereocenters. The predicted octanol–water partition coefficient (Wildman–Crippen LogP) is 5.33. The van der Waals surface area contributed by atoms with Crippen molar-refractivity contribution in [1.82, 2.24) is 14.5 Å². The van der Waals surface area contributed by atoms with Gasteiger partial charge in [0.05, 0.1) is 16.8 Å². The molecule has 0 amide bonds. The molecule has 0 aliphatic heterocycles. The molecule has 144 valence electrons. The van der Waals surface area contributed by atoms with Crippen molar-refractivity contribution < 1.29 is 31.4 Å². The van der Waals surface area contributed by atoms with E-state index in [4.69, 9.17) is 12.2 Å². The monoisotopic (exact) mass is 425 g/mol. The molecular weight excluding hydrogens is 416 g/mol. The van der Waals surface area contributed by atoms with Gasteiger partial charge in [-0.25, -0.2) is 9.55 Å². The van der Waals surface area contributed by atoms with Gasteiger partial charge in [0.2, 0.25) is 5.88 Å². The smallest absolute Gasteiger partial charge is 0.416 e. The minimum atomic E-state index is -4.95. The van der Waals surface area contributed by atoms with Crippen LogP contribution in [0.1, 0.15) is 22.4 Å². The number of thiazole rings is 1. The lowest BCUT2D eigenvalue weighted by atomic mass is 10.0. The maximum atomic E-state index is 13.0. The van der Waals surface area contributed by atoms with Gasteiger partial charge in [0, 0.05) is 18.0 Å². The first-order valence-electron chi connectivity index (χ1n) is 7.18. The normalized spacial score (nSPS) is 12.5. The number of halogens is 6. The molecule has 0 saturated heterocycles. The predicted molar refractivity (Wildman–Crippen MR) is 87.5 cm³/mol. The van der Waals surface area contributed by atoms with Crippen molar-refractivity contribution in [2.75, 3.05) is 0 Å². The summed E-state index contributed by atoms with van der Waals surface area (Å²) in [5, 5.41) is 12.2. The molecule has 0 fully saturated rings. The van der Waals surface area contributed by atoms with E-state index in [1.807, 2.05) is 0 Å². The topological polar surface area (TPSA) is 53.8 Å². The fraction of sp³-hybridized carbons (Fsp3) is 0.200. The quantitative estimate of drug-likeness (QED) is 0.441. The van der Waals surface area contributed by atoms with Crippen LogP contribution < -0.4 is 0 Å². The van der Waals surface area contributed by atoms with Gasteiger partial charge in [-0.15, -0.1) is 11.3 Å². The third-order valence-electron chi connectivity index (χ3n) is 3.58. The highest BCUT2D eigenvalue weighted by Crippen LogP contribution is 2.37. The van der Waals surface area contributed by atoms with Crippen molar-refractivity contribution in [3.05, 3.63) is 56.9 Å². The third-order valence-corrected chi connectivity index (χ3v) is 4.62. The number of alkyl halides is 6. The highest BCUT2D eigenvalue weighted by Gasteiger charge is 2.37. The fourth-order valence-electron chi connectivity index (χ4n) is 2.42. The first kappa shape index (κ1) is 19.4. The molecule has 0 aliphatic rings. The van der Waals surface area contributed by atoms with Gasteiger partial charge < -0.3 is 10.1 Å². The summed E-state index contributed by atoms with van der Waals surface area (Å²) in [6.07, 6.45) is -8.85. The van der Waals surface area contributed by atoms with E-state index in [1.165, 1.54) is 6.20 Å². The second-order valence-electron chi connectivity index (χ2n) is 5.47. The Hall–Kier alpha value is -2.34. The average Bonchev–Trinajstić information content (AvgIpc) is 3.14. The number of nitrogens with zero attached hydrogens (tertiary/aromatic N) is 2. The molecule has 0 aliphatic carbocycles. The van der Waals surface area contributed by atoms with E-state index >= 15 is 0 Å². The Morgan fingerprint density at radius 3 is 2.15 bits per heavy atom. The second kappa shape index (κ2) is 6.68. The molecule has 1 aromatic carbocycles. The van der Waals surface area contributed by atoms with Gasteiger partial charge in [-0.3, -0.25) is 0 Å². The highest BCUT2D eigenvalue weighted by atomic mass is 32.1. The van der Waals surface area contributed by atoms with E-state index in [0.717, 1.165) is 15.9 Å². The van der Waals surface area contributed by atoms with Gasteiger partial charge in [-0.05, 0) is 36.0 Å². The van der Waals surface area contributed by atoms with Crippen molar-refractivity contribution in [3.8, 4) is 11.0 Å². The average molecular weight is 425 g/mol. The van der Waals surface area contributed by atoms with Crippen molar-refractivity contribution >= 4 is 23.6 Å².